The smallest absolute Gasteiger partial charge is 0.355 e. The van der Waals surface area contributed by atoms with Gasteiger partial charge in [0.15, 0.2) is 0 Å². The summed E-state index contributed by atoms with van der Waals surface area (Å²) < 4.78 is 56.1. The van der Waals surface area contributed by atoms with Crippen molar-refractivity contribution in [1.82, 2.24) is 10.3 Å². The van der Waals surface area contributed by atoms with Crippen molar-refractivity contribution in [2.45, 2.75) is 12.0 Å². The normalized spacial score (nSPS) is 27.3. The molecule has 5 rings (SSSR count). The van der Waals surface area contributed by atoms with Gasteiger partial charge in [0.2, 0.25) is 5.79 Å². The van der Waals surface area contributed by atoms with E-state index in [1.54, 1.807) is 24.3 Å². The van der Waals surface area contributed by atoms with Crippen LogP contribution in [0.4, 0.5) is 17.6 Å². The van der Waals surface area contributed by atoms with Gasteiger partial charge in [0.1, 0.15) is 5.92 Å². The maximum atomic E-state index is 15.5. The summed E-state index contributed by atoms with van der Waals surface area (Å²) in [5, 5.41) is 3.95. The van der Waals surface area contributed by atoms with Gasteiger partial charge in [-0.05, 0) is 66.8 Å². The van der Waals surface area contributed by atoms with Crippen molar-refractivity contribution in [2.24, 2.45) is 15.9 Å². The summed E-state index contributed by atoms with van der Waals surface area (Å²) >= 11 is 0. The van der Waals surface area contributed by atoms with Crippen LogP contribution < -0.4 is 16.0 Å². The first-order valence-corrected chi connectivity index (χ1v) is 8.89. The number of nitrogens with one attached hydrogen (secondary N) is 2. The van der Waals surface area contributed by atoms with E-state index in [9.17, 15) is 13.2 Å². The molecule has 0 aliphatic carbocycles. The third-order valence-corrected chi connectivity index (χ3v) is 4.85. The molecule has 4 aliphatic heterocycles. The maximum absolute atomic E-state index is 15.5. The predicted octanol–water partition coefficient (Wildman–Crippen LogP) is 2.71. The molecule has 29 heavy (non-hydrogen) atoms. The van der Waals surface area contributed by atoms with Gasteiger partial charge in [0, 0.05) is 16.4 Å². The molecule has 4 nitrogen and oxygen atoms in total. The molecule has 146 valence electrons. The lowest BCUT2D eigenvalue weighted by Crippen LogP contribution is -2.45. The van der Waals surface area contributed by atoms with Crippen molar-refractivity contribution in [2.75, 3.05) is 0 Å². The molecule has 4 aliphatic rings. The minimum absolute atomic E-state index is 0.0170. The van der Waals surface area contributed by atoms with E-state index in [-0.39, 0.29) is 11.4 Å². The first-order chi connectivity index (χ1) is 13.8. The molecule has 5 heterocycles. The van der Waals surface area contributed by atoms with Crippen LogP contribution in [0, 0.1) is 5.92 Å². The Morgan fingerprint density at radius 3 is 2.14 bits per heavy atom. The minimum atomic E-state index is -4.77. The van der Waals surface area contributed by atoms with Crippen LogP contribution in [0.3, 0.4) is 0 Å². The Balaban J connectivity index is 1.70. The Kier molecular flexibility index (Phi) is 3.68. The zero-order chi connectivity index (χ0) is 20.2. The third-order valence-electron chi connectivity index (χ3n) is 4.85. The van der Waals surface area contributed by atoms with E-state index in [1.165, 1.54) is 12.2 Å². The second kappa shape index (κ2) is 6.04. The maximum Gasteiger partial charge on any atom is 0.400 e. The molecule has 1 aromatic rings. The zero-order valence-corrected chi connectivity index (χ0v) is 14.8. The van der Waals surface area contributed by atoms with Gasteiger partial charge < -0.3 is 10.3 Å². The Morgan fingerprint density at radius 1 is 0.862 bits per heavy atom. The average molecular weight is 398 g/mol. The third kappa shape index (κ3) is 3.30. The fourth-order valence-electron chi connectivity index (χ4n) is 3.59. The Morgan fingerprint density at radius 2 is 1.48 bits per heavy atom. The van der Waals surface area contributed by atoms with E-state index in [0.717, 1.165) is 22.9 Å². The molecule has 0 aromatic carbocycles. The van der Waals surface area contributed by atoms with E-state index in [1.807, 2.05) is 18.2 Å². The van der Waals surface area contributed by atoms with Crippen LogP contribution in [0.1, 0.15) is 0 Å². The molecule has 2 unspecified atom stereocenters. The number of nitrogens with zero attached hydrogens (tertiary/aromatic N) is 2. The molecule has 0 radical (unpaired) electrons. The van der Waals surface area contributed by atoms with Gasteiger partial charge >= 0.3 is 6.18 Å². The molecule has 8 heteroatoms. The lowest BCUT2D eigenvalue weighted by molar-refractivity contribution is -0.186. The Bertz CT molecular complexity index is 1230. The van der Waals surface area contributed by atoms with Crippen molar-refractivity contribution in [3.05, 3.63) is 82.5 Å². The van der Waals surface area contributed by atoms with Gasteiger partial charge in [-0.15, -0.1) is 0 Å². The highest BCUT2D eigenvalue weighted by atomic mass is 19.4. The summed E-state index contributed by atoms with van der Waals surface area (Å²) in [4.78, 5) is 11.8. The SMILES string of the molecule is FC(F)(F)C1C=C2C=C3C=CC(=N3)C=c3ccc([nH]3)=CC3=NC(=CC1(F)N2)C=C3. The molecule has 0 saturated heterocycles. The van der Waals surface area contributed by atoms with Crippen LogP contribution in [0.15, 0.2) is 81.7 Å². The van der Waals surface area contributed by atoms with Crippen LogP contribution in [0.25, 0.3) is 12.2 Å². The Hall–Kier alpha value is -3.42. The lowest BCUT2D eigenvalue weighted by Gasteiger charge is -2.26. The highest BCUT2D eigenvalue weighted by Crippen LogP contribution is 2.43. The molecule has 0 fully saturated rings. The monoisotopic (exact) mass is 398 g/mol. The molecule has 0 saturated carbocycles. The van der Waals surface area contributed by atoms with E-state index in [0.29, 0.717) is 17.1 Å². The highest BCUT2D eigenvalue weighted by molar-refractivity contribution is 6.20. The summed E-state index contributed by atoms with van der Waals surface area (Å²) in [6, 6.07) is 3.73. The number of alkyl halides is 4. The number of rotatable bonds is 0. The predicted molar refractivity (Wildman–Crippen MR) is 103 cm³/mol. The molecule has 2 N–H and O–H groups in total. The van der Waals surface area contributed by atoms with Gasteiger partial charge in [-0.1, -0.05) is 0 Å². The number of fused-ring (bicyclic) bond motifs is 6. The van der Waals surface area contributed by atoms with Crippen LogP contribution in [-0.2, 0) is 0 Å². The molecule has 1 aromatic heterocycles. The number of aromatic nitrogens is 1. The van der Waals surface area contributed by atoms with E-state index >= 15 is 4.39 Å². The van der Waals surface area contributed by atoms with Gasteiger partial charge in [-0.2, -0.15) is 13.2 Å². The topological polar surface area (TPSA) is 52.5 Å². The largest absolute Gasteiger partial charge is 0.400 e. The molecule has 8 bridgehead atoms. The number of allylic oxidation sites excluding steroid dienone is 5. The number of hydrogen-bond donors (Lipinski definition) is 2. The molecule has 0 amide bonds. The zero-order valence-electron chi connectivity index (χ0n) is 14.8. The number of halogens is 4. The summed E-state index contributed by atoms with van der Waals surface area (Å²) in [6.07, 6.45) is 8.42. The van der Waals surface area contributed by atoms with Crippen LogP contribution in [-0.4, -0.2) is 28.4 Å². The molecule has 0 spiro atoms. The van der Waals surface area contributed by atoms with Crippen molar-refractivity contribution >= 4 is 23.6 Å². The van der Waals surface area contributed by atoms with Crippen LogP contribution in [0.5, 0.6) is 0 Å². The van der Waals surface area contributed by atoms with Gasteiger partial charge in [0.05, 0.1) is 22.8 Å². The van der Waals surface area contributed by atoms with Crippen molar-refractivity contribution in [1.29, 1.82) is 0 Å². The summed E-state index contributed by atoms with van der Waals surface area (Å²) in [5.41, 5.74) is 1.71. The second-order valence-electron chi connectivity index (χ2n) is 7.07. The molecule has 2 atom stereocenters. The van der Waals surface area contributed by atoms with Gasteiger partial charge in [-0.3, -0.25) is 0 Å². The number of aromatic amines is 1. The molecular weight excluding hydrogens is 384 g/mol. The van der Waals surface area contributed by atoms with Gasteiger partial charge in [0.25, 0.3) is 0 Å². The second-order valence-corrected chi connectivity index (χ2v) is 7.07. The fraction of sp³-hybridized carbons (Fsp3) is 0.143. The van der Waals surface area contributed by atoms with Crippen LogP contribution >= 0.6 is 0 Å². The van der Waals surface area contributed by atoms with E-state index in [4.69, 9.17) is 0 Å². The average Bonchev–Trinajstić information content (AvgIpc) is 3.38. The lowest BCUT2D eigenvalue weighted by atomic mass is 9.98. The van der Waals surface area contributed by atoms with Crippen molar-refractivity contribution < 1.29 is 17.6 Å². The Labute approximate surface area is 162 Å². The van der Waals surface area contributed by atoms with Crippen LogP contribution in [0.2, 0.25) is 0 Å². The summed E-state index contributed by atoms with van der Waals surface area (Å²) in [7, 11) is 0. The highest BCUT2D eigenvalue weighted by Gasteiger charge is 2.56. The van der Waals surface area contributed by atoms with Crippen molar-refractivity contribution in [3.63, 3.8) is 0 Å². The molecular formula is C21H14F4N4. The first kappa shape index (κ1) is 17.7. The quantitative estimate of drug-likeness (QED) is 0.513. The number of hydrogen-bond acceptors (Lipinski definition) is 3. The minimum Gasteiger partial charge on any atom is -0.355 e. The fourth-order valence-corrected chi connectivity index (χ4v) is 3.59. The van der Waals surface area contributed by atoms with Crippen molar-refractivity contribution in [3.8, 4) is 0 Å². The summed E-state index contributed by atoms with van der Waals surface area (Å²) in [5.74, 6) is -5.19. The summed E-state index contributed by atoms with van der Waals surface area (Å²) in [6.45, 7) is 0. The first-order valence-electron chi connectivity index (χ1n) is 8.89. The number of H-pyrrole nitrogens is 1. The van der Waals surface area contributed by atoms with Gasteiger partial charge in [-0.25, -0.2) is 14.4 Å². The standard InChI is InChI=1S/C21H14F4N4/c22-20-11-17-6-5-15(28-17)8-14-2-1-12(26-14)7-13-3-4-16(27-13)9-18(29-20)10-19(20)21(23,24)25/h1-11,19,26,29H. The van der Waals surface area contributed by atoms with E-state index in [2.05, 4.69) is 20.3 Å². The number of aliphatic imine (C=N–C) groups is 2. The van der Waals surface area contributed by atoms with E-state index < -0.39 is 17.9 Å².